The number of aliphatic hydroxyl groups is 1. The molecule has 0 aromatic heterocycles. The molecule has 6 nitrogen and oxygen atoms in total. The number of aliphatic hydroxyl groups excluding tert-OH is 1. The van der Waals surface area contributed by atoms with Crippen LogP contribution in [-0.4, -0.2) is 47.6 Å². The molecule has 3 aliphatic rings. The highest BCUT2D eigenvalue weighted by atomic mass is 16.6. The maximum Gasteiger partial charge on any atom is 0.337 e. The van der Waals surface area contributed by atoms with Crippen molar-refractivity contribution >= 4 is 11.9 Å². The molecule has 0 spiro atoms. The summed E-state index contributed by atoms with van der Waals surface area (Å²) in [7, 11) is 0. The van der Waals surface area contributed by atoms with Gasteiger partial charge in [0.05, 0.1) is 17.8 Å². The van der Waals surface area contributed by atoms with Gasteiger partial charge in [0.25, 0.3) is 0 Å². The SMILES string of the molecule is C/C=C(\C)C(=O)O[C@H]1C/C(C)=C/CC[C@@]2(C)O[C@@H]2[C@H]2OC(=O)C(CO)=C12. The van der Waals surface area contributed by atoms with Crippen LogP contribution in [0.4, 0.5) is 0 Å². The molecule has 1 N–H and O–H groups in total. The molecule has 0 saturated carbocycles. The lowest BCUT2D eigenvalue weighted by atomic mass is 9.87. The van der Waals surface area contributed by atoms with Crippen molar-refractivity contribution in [2.24, 2.45) is 0 Å². The van der Waals surface area contributed by atoms with Gasteiger partial charge in [0.1, 0.15) is 12.2 Å². The molecule has 0 bridgehead atoms. The Hall–Kier alpha value is -1.92. The zero-order valence-electron chi connectivity index (χ0n) is 15.7. The van der Waals surface area contributed by atoms with Gasteiger partial charge in [-0.1, -0.05) is 17.7 Å². The molecule has 26 heavy (non-hydrogen) atoms. The molecule has 0 amide bonds. The summed E-state index contributed by atoms with van der Waals surface area (Å²) < 4.78 is 17.1. The van der Waals surface area contributed by atoms with E-state index in [-0.39, 0.29) is 17.3 Å². The quantitative estimate of drug-likeness (QED) is 0.359. The largest absolute Gasteiger partial charge is 0.454 e. The van der Waals surface area contributed by atoms with E-state index in [4.69, 9.17) is 14.2 Å². The smallest absolute Gasteiger partial charge is 0.337 e. The highest BCUT2D eigenvalue weighted by molar-refractivity contribution is 5.93. The third-order valence-electron chi connectivity index (χ3n) is 5.50. The van der Waals surface area contributed by atoms with Gasteiger partial charge in [0.2, 0.25) is 0 Å². The fraction of sp³-hybridized carbons (Fsp3) is 0.600. The van der Waals surface area contributed by atoms with E-state index < -0.39 is 30.8 Å². The first-order chi connectivity index (χ1) is 12.3. The van der Waals surface area contributed by atoms with Crippen LogP contribution in [0.25, 0.3) is 0 Å². The van der Waals surface area contributed by atoms with Gasteiger partial charge in [-0.05, 0) is 40.5 Å². The van der Waals surface area contributed by atoms with Gasteiger partial charge in [-0.25, -0.2) is 9.59 Å². The van der Waals surface area contributed by atoms with Crippen molar-refractivity contribution in [3.05, 3.63) is 34.4 Å². The number of ether oxygens (including phenoxy) is 3. The number of fused-ring (bicyclic) bond motifs is 3. The van der Waals surface area contributed by atoms with Crippen LogP contribution in [0.3, 0.4) is 0 Å². The summed E-state index contributed by atoms with van der Waals surface area (Å²) in [6.45, 7) is 6.97. The Morgan fingerprint density at radius 2 is 2.23 bits per heavy atom. The van der Waals surface area contributed by atoms with Crippen LogP contribution < -0.4 is 0 Å². The van der Waals surface area contributed by atoms with Crippen LogP contribution in [0, 0.1) is 0 Å². The standard InChI is InChI=1S/C20H26O6/c1-5-12(3)18(22)24-14-9-11(2)7-6-8-20(4)17(26-20)16-15(14)13(10-21)19(23)25-16/h5,7,14,16-17,21H,6,8-10H2,1-4H3/b11-7+,12-5+/t14-,16-,17+,20+/m0/s1. The molecule has 2 aliphatic heterocycles. The molecular weight excluding hydrogens is 336 g/mol. The first-order valence-electron chi connectivity index (χ1n) is 9.03. The van der Waals surface area contributed by atoms with Gasteiger partial charge in [-0.3, -0.25) is 0 Å². The number of hydrogen-bond acceptors (Lipinski definition) is 6. The molecule has 0 aromatic rings. The summed E-state index contributed by atoms with van der Waals surface area (Å²) in [6, 6.07) is 0. The van der Waals surface area contributed by atoms with E-state index in [1.54, 1.807) is 19.9 Å². The highest BCUT2D eigenvalue weighted by Gasteiger charge is 2.61. The molecule has 3 rings (SSSR count). The second-order valence-corrected chi connectivity index (χ2v) is 7.43. The molecule has 6 heteroatoms. The highest BCUT2D eigenvalue weighted by Crippen LogP contribution is 2.49. The van der Waals surface area contributed by atoms with Crippen LogP contribution >= 0.6 is 0 Å². The van der Waals surface area contributed by atoms with E-state index in [0.717, 1.165) is 18.4 Å². The summed E-state index contributed by atoms with van der Waals surface area (Å²) in [4.78, 5) is 24.6. The molecule has 1 saturated heterocycles. The number of rotatable bonds is 3. The zero-order chi connectivity index (χ0) is 19.1. The van der Waals surface area contributed by atoms with Crippen LogP contribution in [0.15, 0.2) is 34.4 Å². The van der Waals surface area contributed by atoms with Gasteiger partial charge in [0.15, 0.2) is 6.10 Å². The second kappa shape index (κ2) is 7.00. The van der Waals surface area contributed by atoms with Gasteiger partial charge < -0.3 is 19.3 Å². The van der Waals surface area contributed by atoms with Crippen LogP contribution in [-0.2, 0) is 23.8 Å². The summed E-state index contributed by atoms with van der Waals surface area (Å²) in [5.41, 5.74) is 1.90. The first-order valence-corrected chi connectivity index (χ1v) is 9.03. The number of hydrogen-bond donors (Lipinski definition) is 1. The normalized spacial score (nSPS) is 36.5. The van der Waals surface area contributed by atoms with E-state index >= 15 is 0 Å². The molecular formula is C20H26O6. The number of esters is 2. The third-order valence-corrected chi connectivity index (χ3v) is 5.50. The van der Waals surface area contributed by atoms with E-state index in [1.165, 1.54) is 0 Å². The number of carbonyl (C=O) groups excluding carboxylic acids is 2. The molecule has 2 heterocycles. The summed E-state index contributed by atoms with van der Waals surface area (Å²) >= 11 is 0. The predicted octanol–water partition coefficient (Wildman–Crippen LogP) is 2.37. The third kappa shape index (κ3) is 3.35. The van der Waals surface area contributed by atoms with Crippen molar-refractivity contribution in [2.75, 3.05) is 6.61 Å². The van der Waals surface area contributed by atoms with Crippen LogP contribution in [0.2, 0.25) is 0 Å². The van der Waals surface area contributed by atoms with Crippen molar-refractivity contribution in [3.63, 3.8) is 0 Å². The average Bonchev–Trinajstić information content (AvgIpc) is 3.14. The van der Waals surface area contributed by atoms with Gasteiger partial charge >= 0.3 is 11.9 Å². The fourth-order valence-corrected chi connectivity index (χ4v) is 3.67. The Labute approximate surface area is 153 Å². The van der Waals surface area contributed by atoms with Gasteiger partial charge in [0, 0.05) is 17.6 Å². The van der Waals surface area contributed by atoms with Crippen LogP contribution in [0.1, 0.15) is 47.0 Å². The van der Waals surface area contributed by atoms with E-state index in [2.05, 4.69) is 6.08 Å². The Bertz CT molecular complexity index is 716. The number of carbonyl (C=O) groups is 2. The Morgan fingerprint density at radius 3 is 2.88 bits per heavy atom. The van der Waals surface area contributed by atoms with Crippen LogP contribution in [0.5, 0.6) is 0 Å². The Kier molecular flexibility index (Phi) is 5.08. The minimum absolute atomic E-state index is 0.178. The maximum absolute atomic E-state index is 12.4. The molecule has 1 aliphatic carbocycles. The van der Waals surface area contributed by atoms with E-state index in [0.29, 0.717) is 17.6 Å². The van der Waals surface area contributed by atoms with Crippen molar-refractivity contribution < 1.29 is 28.9 Å². The summed E-state index contributed by atoms with van der Waals surface area (Å²) in [5, 5.41) is 9.73. The molecule has 142 valence electrons. The lowest BCUT2D eigenvalue weighted by molar-refractivity contribution is -0.143. The molecule has 0 radical (unpaired) electrons. The summed E-state index contributed by atoms with van der Waals surface area (Å²) in [5.74, 6) is -1.00. The topological polar surface area (TPSA) is 85.4 Å². The Morgan fingerprint density at radius 1 is 1.50 bits per heavy atom. The molecule has 0 unspecified atom stereocenters. The zero-order valence-corrected chi connectivity index (χ0v) is 15.7. The number of epoxide rings is 1. The molecule has 4 atom stereocenters. The van der Waals surface area contributed by atoms with Crippen molar-refractivity contribution in [1.29, 1.82) is 0 Å². The summed E-state index contributed by atoms with van der Waals surface area (Å²) in [6.07, 6.45) is 4.36. The van der Waals surface area contributed by atoms with Crippen molar-refractivity contribution in [1.82, 2.24) is 0 Å². The van der Waals surface area contributed by atoms with Gasteiger partial charge in [-0.15, -0.1) is 0 Å². The van der Waals surface area contributed by atoms with E-state index in [1.807, 2.05) is 13.8 Å². The fourth-order valence-electron chi connectivity index (χ4n) is 3.67. The minimum Gasteiger partial charge on any atom is -0.454 e. The second-order valence-electron chi connectivity index (χ2n) is 7.43. The van der Waals surface area contributed by atoms with E-state index in [9.17, 15) is 14.7 Å². The van der Waals surface area contributed by atoms with Crippen molar-refractivity contribution in [2.45, 2.75) is 70.9 Å². The maximum atomic E-state index is 12.4. The predicted molar refractivity (Wildman–Crippen MR) is 94.2 cm³/mol. The van der Waals surface area contributed by atoms with Gasteiger partial charge in [-0.2, -0.15) is 0 Å². The lowest BCUT2D eigenvalue weighted by Crippen LogP contribution is -2.33. The molecule has 0 aromatic carbocycles. The van der Waals surface area contributed by atoms with Crippen molar-refractivity contribution in [3.8, 4) is 0 Å². The number of allylic oxidation sites excluding steroid dienone is 2. The lowest BCUT2D eigenvalue weighted by Gasteiger charge is -2.25. The Balaban J connectivity index is 2.02. The molecule has 1 fully saturated rings. The monoisotopic (exact) mass is 362 g/mol. The average molecular weight is 362 g/mol. The first kappa shape index (κ1) is 18.9. The minimum atomic E-state index is -0.668.